The number of benzene rings is 1. The van der Waals surface area contributed by atoms with E-state index in [-0.39, 0.29) is 18.8 Å². The van der Waals surface area contributed by atoms with E-state index < -0.39 is 11.6 Å². The molecule has 6 heteroatoms. The number of halogens is 3. The predicted molar refractivity (Wildman–Crippen MR) is 75.4 cm³/mol. The quantitative estimate of drug-likeness (QED) is 0.923. The van der Waals surface area contributed by atoms with E-state index in [1.165, 1.54) is 0 Å². The van der Waals surface area contributed by atoms with Gasteiger partial charge in [0.1, 0.15) is 11.2 Å². The number of nitrogens with one attached hydrogen (secondary N) is 1. The van der Waals surface area contributed by atoms with E-state index >= 15 is 0 Å². The average molecular weight is 297 g/mol. The summed E-state index contributed by atoms with van der Waals surface area (Å²) in [6, 6.07) is 5.61. The fourth-order valence-corrected chi connectivity index (χ4v) is 3.18. The zero-order chi connectivity index (χ0) is 15.3. The van der Waals surface area contributed by atoms with Gasteiger partial charge in [-0.2, -0.15) is 13.2 Å². The van der Waals surface area contributed by atoms with Gasteiger partial charge in [0.05, 0.1) is 11.0 Å². The molecule has 21 heavy (non-hydrogen) atoms. The van der Waals surface area contributed by atoms with Gasteiger partial charge in [-0.15, -0.1) is 0 Å². The fraction of sp³-hybridized carbons (Fsp3) is 0.533. The number of hydrogen-bond donors (Lipinski definition) is 1. The van der Waals surface area contributed by atoms with Crippen LogP contribution in [0.25, 0.3) is 11.0 Å². The van der Waals surface area contributed by atoms with Crippen LogP contribution in [0.4, 0.5) is 13.2 Å². The molecule has 0 bridgehead atoms. The third-order valence-electron chi connectivity index (χ3n) is 4.35. The van der Waals surface area contributed by atoms with Crippen molar-refractivity contribution >= 4 is 11.0 Å². The van der Waals surface area contributed by atoms with Crippen molar-refractivity contribution in [3.05, 3.63) is 29.6 Å². The van der Waals surface area contributed by atoms with Crippen LogP contribution >= 0.6 is 0 Å². The van der Waals surface area contributed by atoms with E-state index in [0.717, 1.165) is 11.1 Å². The van der Waals surface area contributed by atoms with Gasteiger partial charge in [0.2, 0.25) is 0 Å². The minimum atomic E-state index is -4.31. The predicted octanol–water partition coefficient (Wildman–Crippen LogP) is 3.16. The summed E-state index contributed by atoms with van der Waals surface area (Å²) in [5, 5.41) is 2.85. The van der Waals surface area contributed by atoms with Gasteiger partial charge in [-0.05, 0) is 44.5 Å². The topological polar surface area (TPSA) is 29.9 Å². The van der Waals surface area contributed by atoms with Gasteiger partial charge in [-0.1, -0.05) is 6.07 Å². The van der Waals surface area contributed by atoms with Crippen LogP contribution in [-0.2, 0) is 12.0 Å². The Morgan fingerprint density at radius 3 is 2.71 bits per heavy atom. The first-order valence-electron chi connectivity index (χ1n) is 7.14. The van der Waals surface area contributed by atoms with Crippen LogP contribution in [0.1, 0.15) is 24.7 Å². The van der Waals surface area contributed by atoms with Crippen molar-refractivity contribution in [1.29, 1.82) is 0 Å². The lowest BCUT2D eigenvalue weighted by molar-refractivity contribution is -0.187. The largest absolute Gasteiger partial charge is 0.402 e. The summed E-state index contributed by atoms with van der Waals surface area (Å²) < 4.78 is 42.9. The molecule has 1 N–H and O–H groups in total. The maximum atomic E-state index is 13.7. The SMILES string of the molecule is CCn1c(C2(C(F)(F)F)CCNC2)nc2cc(C)ccc21. The molecule has 2 aromatic rings. The van der Waals surface area contributed by atoms with Crippen LogP contribution in [0.5, 0.6) is 0 Å². The van der Waals surface area contributed by atoms with Crippen molar-refractivity contribution < 1.29 is 13.2 Å². The molecule has 1 aliphatic heterocycles. The van der Waals surface area contributed by atoms with Gasteiger partial charge in [0, 0.05) is 13.1 Å². The van der Waals surface area contributed by atoms with Crippen LogP contribution in [-0.4, -0.2) is 28.8 Å². The highest BCUT2D eigenvalue weighted by Crippen LogP contribution is 2.45. The molecule has 3 nitrogen and oxygen atoms in total. The molecule has 0 saturated carbocycles. The number of rotatable bonds is 2. The van der Waals surface area contributed by atoms with Gasteiger partial charge < -0.3 is 9.88 Å². The van der Waals surface area contributed by atoms with Crippen molar-refractivity contribution in [3.8, 4) is 0 Å². The third-order valence-corrected chi connectivity index (χ3v) is 4.35. The Balaban J connectivity index is 2.27. The first-order valence-corrected chi connectivity index (χ1v) is 7.14. The number of alkyl halides is 3. The number of aromatic nitrogens is 2. The molecule has 0 aliphatic carbocycles. The second-order valence-electron chi connectivity index (χ2n) is 5.68. The fourth-order valence-electron chi connectivity index (χ4n) is 3.18. The monoisotopic (exact) mass is 297 g/mol. The number of nitrogens with zero attached hydrogens (tertiary/aromatic N) is 2. The Hall–Kier alpha value is -1.56. The normalized spacial score (nSPS) is 23.1. The van der Waals surface area contributed by atoms with E-state index in [1.807, 2.05) is 32.0 Å². The van der Waals surface area contributed by atoms with E-state index in [1.54, 1.807) is 4.57 Å². The van der Waals surface area contributed by atoms with Crippen molar-refractivity contribution in [1.82, 2.24) is 14.9 Å². The minimum Gasteiger partial charge on any atom is -0.327 e. The van der Waals surface area contributed by atoms with Crippen molar-refractivity contribution in [3.63, 3.8) is 0 Å². The summed E-state index contributed by atoms with van der Waals surface area (Å²) in [6.07, 6.45) is -4.27. The van der Waals surface area contributed by atoms with Crippen molar-refractivity contribution in [2.24, 2.45) is 0 Å². The molecule has 2 heterocycles. The van der Waals surface area contributed by atoms with Gasteiger partial charge in [-0.3, -0.25) is 0 Å². The first-order chi connectivity index (χ1) is 9.89. The highest BCUT2D eigenvalue weighted by Gasteiger charge is 2.59. The number of hydrogen-bond acceptors (Lipinski definition) is 2. The standard InChI is InChI=1S/C15H18F3N3/c1-3-21-12-5-4-10(2)8-11(12)20-13(21)14(15(16,17)18)6-7-19-9-14/h4-5,8,19H,3,6-7,9H2,1-2H3. The Labute approximate surface area is 121 Å². The molecule has 3 rings (SSSR count). The Morgan fingerprint density at radius 1 is 1.38 bits per heavy atom. The number of aryl methyl sites for hydroxylation is 2. The zero-order valence-electron chi connectivity index (χ0n) is 12.1. The molecule has 1 aromatic heterocycles. The Kier molecular flexibility index (Phi) is 3.24. The lowest BCUT2D eigenvalue weighted by atomic mass is 9.85. The van der Waals surface area contributed by atoms with E-state index in [9.17, 15) is 13.2 Å². The Morgan fingerprint density at radius 2 is 2.14 bits per heavy atom. The van der Waals surface area contributed by atoms with Crippen LogP contribution in [0, 0.1) is 6.92 Å². The molecule has 114 valence electrons. The first kappa shape index (κ1) is 14.4. The van der Waals surface area contributed by atoms with Crippen molar-refractivity contribution in [2.75, 3.05) is 13.1 Å². The maximum Gasteiger partial charge on any atom is 0.402 e. The summed E-state index contributed by atoms with van der Waals surface area (Å²) in [5.74, 6) is 0.142. The highest BCUT2D eigenvalue weighted by molar-refractivity contribution is 5.77. The second kappa shape index (κ2) is 4.73. The molecule has 1 unspecified atom stereocenters. The molecule has 1 fully saturated rings. The second-order valence-corrected chi connectivity index (χ2v) is 5.68. The minimum absolute atomic E-state index is 0.0405. The van der Waals surface area contributed by atoms with Gasteiger partial charge in [-0.25, -0.2) is 4.98 Å². The summed E-state index contributed by atoms with van der Waals surface area (Å²) in [6.45, 7) is 4.52. The zero-order valence-corrected chi connectivity index (χ0v) is 12.1. The molecule has 0 radical (unpaired) electrons. The van der Waals surface area contributed by atoms with Crippen LogP contribution in [0.3, 0.4) is 0 Å². The van der Waals surface area contributed by atoms with Gasteiger partial charge in [0.15, 0.2) is 0 Å². The van der Waals surface area contributed by atoms with E-state index in [2.05, 4.69) is 10.3 Å². The molecule has 1 saturated heterocycles. The average Bonchev–Trinajstić information content (AvgIpc) is 3.01. The molecule has 1 atom stereocenters. The van der Waals surface area contributed by atoms with Gasteiger partial charge >= 0.3 is 6.18 Å². The lowest BCUT2D eigenvalue weighted by Gasteiger charge is -2.30. The summed E-state index contributed by atoms with van der Waals surface area (Å²) in [4.78, 5) is 4.37. The molecule has 1 aliphatic rings. The molecule has 0 spiro atoms. The van der Waals surface area contributed by atoms with Crippen LogP contribution < -0.4 is 5.32 Å². The number of fused-ring (bicyclic) bond motifs is 1. The maximum absolute atomic E-state index is 13.7. The summed E-state index contributed by atoms with van der Waals surface area (Å²) >= 11 is 0. The Bertz CT molecular complexity index is 667. The van der Waals surface area contributed by atoms with Crippen LogP contribution in [0.2, 0.25) is 0 Å². The van der Waals surface area contributed by atoms with Crippen molar-refractivity contribution in [2.45, 2.75) is 38.4 Å². The van der Waals surface area contributed by atoms with E-state index in [0.29, 0.717) is 18.6 Å². The highest BCUT2D eigenvalue weighted by atomic mass is 19.4. The van der Waals surface area contributed by atoms with Crippen LogP contribution in [0.15, 0.2) is 18.2 Å². The summed E-state index contributed by atoms with van der Waals surface area (Å²) in [5.41, 5.74) is 0.534. The molecular formula is C15H18F3N3. The number of imidazole rings is 1. The smallest absolute Gasteiger partial charge is 0.327 e. The summed E-state index contributed by atoms with van der Waals surface area (Å²) in [7, 11) is 0. The molecule has 1 aromatic carbocycles. The molecule has 0 amide bonds. The lowest BCUT2D eigenvalue weighted by Crippen LogP contribution is -2.46. The van der Waals surface area contributed by atoms with Gasteiger partial charge in [0.25, 0.3) is 0 Å². The molecular weight excluding hydrogens is 279 g/mol. The third kappa shape index (κ3) is 2.04. The van der Waals surface area contributed by atoms with E-state index in [4.69, 9.17) is 0 Å².